The van der Waals surface area contributed by atoms with Crippen LogP contribution in [0.2, 0.25) is 0 Å². The number of pyridine rings is 1. The lowest BCUT2D eigenvalue weighted by Crippen LogP contribution is -2.40. The van der Waals surface area contributed by atoms with Gasteiger partial charge in [-0.3, -0.25) is 9.59 Å². The second kappa shape index (κ2) is 8.05. The monoisotopic (exact) mass is 440 g/mol. The minimum atomic E-state index is -0.140. The van der Waals surface area contributed by atoms with Crippen LogP contribution in [0.15, 0.2) is 22.7 Å². The lowest BCUT2D eigenvalue weighted by molar-refractivity contribution is 0.0305. The fourth-order valence-electron chi connectivity index (χ4n) is 4.48. The van der Waals surface area contributed by atoms with Crippen molar-refractivity contribution in [1.29, 1.82) is 0 Å². The van der Waals surface area contributed by atoms with Crippen LogP contribution < -0.4 is 0 Å². The Labute approximate surface area is 183 Å². The third-order valence-corrected chi connectivity index (χ3v) is 7.10. The van der Waals surface area contributed by atoms with Gasteiger partial charge in [0.15, 0.2) is 5.89 Å². The fraction of sp³-hybridized carbons (Fsp3) is 0.455. The second-order valence-corrected chi connectivity index (χ2v) is 8.99. The van der Waals surface area contributed by atoms with Crippen LogP contribution in [0.5, 0.6) is 0 Å². The summed E-state index contributed by atoms with van der Waals surface area (Å²) in [6.45, 7) is 7.00. The zero-order valence-electron chi connectivity index (χ0n) is 17.6. The first-order chi connectivity index (χ1) is 15.0. The number of amides is 2. The van der Waals surface area contributed by atoms with Crippen LogP contribution in [0, 0.1) is 13.8 Å². The number of thiophene rings is 1. The Balaban J connectivity index is 1.46. The van der Waals surface area contributed by atoms with Crippen molar-refractivity contribution in [2.75, 3.05) is 39.4 Å². The molecule has 0 saturated carbocycles. The van der Waals surface area contributed by atoms with E-state index in [9.17, 15) is 9.59 Å². The predicted octanol–water partition coefficient (Wildman–Crippen LogP) is 3.00. The minimum absolute atomic E-state index is 0.0350. The summed E-state index contributed by atoms with van der Waals surface area (Å²) >= 11 is 1.45. The highest BCUT2D eigenvalue weighted by atomic mass is 32.1. The molecule has 162 valence electrons. The molecule has 5 rings (SSSR count). The summed E-state index contributed by atoms with van der Waals surface area (Å²) in [5, 5.41) is 1.01. The number of nitrogens with zero attached hydrogens (tertiary/aromatic N) is 4. The molecule has 0 bridgehead atoms. The Hall–Kier alpha value is -2.78. The van der Waals surface area contributed by atoms with Gasteiger partial charge in [-0.1, -0.05) is 6.07 Å². The van der Waals surface area contributed by atoms with E-state index in [1.807, 2.05) is 17.0 Å². The van der Waals surface area contributed by atoms with Gasteiger partial charge in [0.2, 0.25) is 5.76 Å². The van der Waals surface area contributed by atoms with Crippen LogP contribution in [0.25, 0.3) is 10.2 Å². The first-order valence-corrected chi connectivity index (χ1v) is 11.3. The summed E-state index contributed by atoms with van der Waals surface area (Å²) < 4.78 is 11.0. The van der Waals surface area contributed by atoms with E-state index < -0.39 is 0 Å². The number of hydrogen-bond acceptors (Lipinski definition) is 7. The average molecular weight is 441 g/mol. The Kier molecular flexibility index (Phi) is 5.23. The van der Waals surface area contributed by atoms with Crippen molar-refractivity contribution in [2.24, 2.45) is 0 Å². The molecule has 3 aromatic rings. The summed E-state index contributed by atoms with van der Waals surface area (Å²) in [6, 6.07) is 3.93. The first kappa shape index (κ1) is 20.1. The highest BCUT2D eigenvalue weighted by molar-refractivity contribution is 7.20. The third kappa shape index (κ3) is 3.61. The van der Waals surface area contributed by atoms with E-state index in [1.54, 1.807) is 24.9 Å². The number of carbonyl (C=O) groups is 2. The van der Waals surface area contributed by atoms with Crippen molar-refractivity contribution in [3.8, 4) is 0 Å². The van der Waals surface area contributed by atoms with Crippen LogP contribution in [0.4, 0.5) is 0 Å². The molecular formula is C22H24N4O4S. The number of rotatable bonds is 3. The van der Waals surface area contributed by atoms with E-state index >= 15 is 0 Å². The lowest BCUT2D eigenvalue weighted by atomic mass is 9.95. The SMILES string of the molecule is Cc1nc(C)c(C(=O)N2CC[C@H](c3c(C(=O)N4CCOCC4)sc4ncccc34)C2)o1. The molecule has 0 aliphatic carbocycles. The number of aryl methyl sites for hydroxylation is 2. The Morgan fingerprint density at radius 3 is 2.68 bits per heavy atom. The molecule has 2 fully saturated rings. The van der Waals surface area contributed by atoms with Crippen LogP contribution in [-0.2, 0) is 4.74 Å². The van der Waals surface area contributed by atoms with Crippen LogP contribution in [-0.4, -0.2) is 71.0 Å². The number of hydrogen-bond donors (Lipinski definition) is 0. The van der Waals surface area contributed by atoms with Crippen molar-refractivity contribution in [3.63, 3.8) is 0 Å². The number of fused-ring (bicyclic) bond motifs is 1. The number of aromatic nitrogens is 2. The van der Waals surface area contributed by atoms with E-state index in [0.29, 0.717) is 56.7 Å². The summed E-state index contributed by atoms with van der Waals surface area (Å²) in [5.41, 5.74) is 1.63. The van der Waals surface area contributed by atoms with E-state index in [-0.39, 0.29) is 17.7 Å². The maximum atomic E-state index is 13.4. The molecule has 0 N–H and O–H groups in total. The quantitative estimate of drug-likeness (QED) is 0.622. The van der Waals surface area contributed by atoms with Gasteiger partial charge in [0.05, 0.1) is 23.8 Å². The predicted molar refractivity (Wildman–Crippen MR) is 116 cm³/mol. The normalized spacial score (nSPS) is 19.4. The molecule has 3 aromatic heterocycles. The fourth-order valence-corrected chi connectivity index (χ4v) is 5.68. The van der Waals surface area contributed by atoms with Gasteiger partial charge in [-0.2, -0.15) is 0 Å². The van der Waals surface area contributed by atoms with Gasteiger partial charge in [0, 0.05) is 50.6 Å². The smallest absolute Gasteiger partial charge is 0.291 e. The van der Waals surface area contributed by atoms with Crippen molar-refractivity contribution in [2.45, 2.75) is 26.2 Å². The van der Waals surface area contributed by atoms with Gasteiger partial charge in [-0.05, 0) is 25.0 Å². The van der Waals surface area contributed by atoms with E-state index in [0.717, 1.165) is 27.1 Å². The molecule has 2 aliphatic rings. The molecule has 9 heteroatoms. The standard InChI is InChI=1S/C22H24N4O4S/c1-13-18(30-14(2)24-13)21(27)26-7-5-15(12-26)17-16-4-3-6-23-20(16)31-19(17)22(28)25-8-10-29-11-9-25/h3-4,6,15H,5,7-12H2,1-2H3/t15-/m0/s1. The van der Waals surface area contributed by atoms with Crippen LogP contribution in [0.1, 0.15) is 49.7 Å². The minimum Gasteiger partial charge on any atom is -0.436 e. The molecule has 31 heavy (non-hydrogen) atoms. The Bertz CT molecular complexity index is 1150. The molecule has 0 aromatic carbocycles. The lowest BCUT2D eigenvalue weighted by Gasteiger charge is -2.27. The van der Waals surface area contributed by atoms with E-state index in [1.165, 1.54) is 11.3 Å². The number of carbonyl (C=O) groups excluding carboxylic acids is 2. The Morgan fingerprint density at radius 1 is 1.13 bits per heavy atom. The van der Waals surface area contributed by atoms with Gasteiger partial charge in [0.1, 0.15) is 4.83 Å². The van der Waals surface area contributed by atoms with Gasteiger partial charge in [0.25, 0.3) is 11.8 Å². The summed E-state index contributed by atoms with van der Waals surface area (Å²) in [5.74, 6) is 0.766. The zero-order valence-corrected chi connectivity index (χ0v) is 18.4. The molecular weight excluding hydrogens is 416 g/mol. The maximum Gasteiger partial charge on any atom is 0.291 e. The summed E-state index contributed by atoms with van der Waals surface area (Å²) in [6.07, 6.45) is 2.55. The average Bonchev–Trinajstić information content (AvgIpc) is 3.49. The van der Waals surface area contributed by atoms with Crippen molar-refractivity contribution in [1.82, 2.24) is 19.8 Å². The van der Waals surface area contributed by atoms with Crippen molar-refractivity contribution >= 4 is 33.4 Å². The van der Waals surface area contributed by atoms with Crippen molar-refractivity contribution in [3.05, 3.63) is 46.1 Å². The van der Waals surface area contributed by atoms with Gasteiger partial charge in [-0.25, -0.2) is 9.97 Å². The molecule has 5 heterocycles. The largest absolute Gasteiger partial charge is 0.436 e. The van der Waals surface area contributed by atoms with Gasteiger partial charge < -0.3 is 19.0 Å². The van der Waals surface area contributed by atoms with E-state index in [4.69, 9.17) is 9.15 Å². The van der Waals surface area contributed by atoms with Crippen LogP contribution >= 0.6 is 11.3 Å². The topological polar surface area (TPSA) is 88.8 Å². The molecule has 1 atom stereocenters. The number of ether oxygens (including phenoxy) is 1. The Morgan fingerprint density at radius 2 is 1.94 bits per heavy atom. The van der Waals surface area contributed by atoms with Crippen molar-refractivity contribution < 1.29 is 18.7 Å². The summed E-state index contributed by atoms with van der Waals surface area (Å²) in [4.78, 5) is 40.4. The number of morpholine rings is 1. The zero-order chi connectivity index (χ0) is 21.5. The highest BCUT2D eigenvalue weighted by Gasteiger charge is 2.35. The molecule has 2 saturated heterocycles. The first-order valence-electron chi connectivity index (χ1n) is 10.5. The molecule has 0 unspecified atom stereocenters. The van der Waals surface area contributed by atoms with Gasteiger partial charge >= 0.3 is 0 Å². The highest BCUT2D eigenvalue weighted by Crippen LogP contribution is 2.40. The summed E-state index contributed by atoms with van der Waals surface area (Å²) in [7, 11) is 0. The number of likely N-dealkylation sites (tertiary alicyclic amines) is 1. The second-order valence-electron chi connectivity index (χ2n) is 7.99. The van der Waals surface area contributed by atoms with Crippen LogP contribution in [0.3, 0.4) is 0 Å². The molecule has 8 nitrogen and oxygen atoms in total. The molecule has 2 aliphatic heterocycles. The molecule has 0 radical (unpaired) electrons. The third-order valence-electron chi connectivity index (χ3n) is 5.98. The number of oxazole rings is 1. The molecule has 2 amide bonds. The maximum absolute atomic E-state index is 13.4. The molecule has 0 spiro atoms. The van der Waals surface area contributed by atoms with E-state index in [2.05, 4.69) is 9.97 Å². The van der Waals surface area contributed by atoms with Gasteiger partial charge in [-0.15, -0.1) is 11.3 Å².